The summed E-state index contributed by atoms with van der Waals surface area (Å²) < 4.78 is 60.0. The van der Waals surface area contributed by atoms with Crippen LogP contribution in [0.1, 0.15) is 4.11 Å². The molecular weight excluding hydrogens is 444 g/mol. The molecule has 3 heterocycles. The maximum atomic E-state index is 13.8. The highest BCUT2D eigenvalue weighted by atomic mass is 19.3. The highest BCUT2D eigenvalue weighted by Crippen LogP contribution is 2.27. The van der Waals surface area contributed by atoms with Crippen molar-refractivity contribution in [1.29, 1.82) is 0 Å². The Bertz CT molecular complexity index is 1670. The van der Waals surface area contributed by atoms with Crippen LogP contribution in [0.5, 0.6) is 11.6 Å². The topological polar surface area (TPSA) is 84.1 Å². The van der Waals surface area contributed by atoms with Crippen LogP contribution < -0.4 is 15.0 Å². The first-order valence-electron chi connectivity index (χ1n) is 11.7. The molecule has 0 atom stereocenters. The third-order valence-corrected chi connectivity index (χ3v) is 5.16. The number of halogens is 2. The van der Waals surface area contributed by atoms with E-state index in [1.54, 1.807) is 29.9 Å². The van der Waals surface area contributed by atoms with E-state index in [1.807, 2.05) is 6.20 Å². The number of benzene rings is 2. The summed E-state index contributed by atoms with van der Waals surface area (Å²) in [7, 11) is -0.849. The number of hydrogen-bond acceptors (Lipinski definition) is 6. The molecule has 8 nitrogen and oxygen atoms in total. The van der Waals surface area contributed by atoms with E-state index < -0.39 is 25.6 Å². The summed E-state index contributed by atoms with van der Waals surface area (Å²) in [6, 6.07) is 14.0. The monoisotopic (exact) mass is 466 g/mol. The van der Waals surface area contributed by atoms with E-state index in [0.717, 1.165) is 10.9 Å². The van der Waals surface area contributed by atoms with Gasteiger partial charge in [0.25, 0.3) is 12.0 Å². The van der Waals surface area contributed by atoms with Gasteiger partial charge in [0.1, 0.15) is 16.8 Å². The first-order valence-corrected chi connectivity index (χ1v) is 10.2. The van der Waals surface area contributed by atoms with Gasteiger partial charge in [0, 0.05) is 24.7 Å². The molecule has 0 radical (unpaired) electrons. The Kier molecular flexibility index (Phi) is 4.56. The minimum Gasteiger partial charge on any atom is -0.497 e. The molecule has 0 amide bonds. The normalized spacial score (nSPS) is 13.1. The summed E-state index contributed by atoms with van der Waals surface area (Å²) in [6.45, 7) is -0.857. The van der Waals surface area contributed by atoms with Gasteiger partial charge in [-0.05, 0) is 42.0 Å². The van der Waals surface area contributed by atoms with Crippen LogP contribution in [-0.2, 0) is 7.05 Å². The largest absolute Gasteiger partial charge is 0.497 e. The van der Waals surface area contributed by atoms with Crippen molar-refractivity contribution in [2.24, 2.45) is 7.05 Å². The Balaban J connectivity index is 1.69. The summed E-state index contributed by atoms with van der Waals surface area (Å²) in [5, 5.41) is 9.60. The molecular formula is C24H19F2N5O3. The van der Waals surface area contributed by atoms with Gasteiger partial charge in [0.05, 0.1) is 27.9 Å². The van der Waals surface area contributed by atoms with E-state index in [4.69, 9.17) is 13.6 Å². The Morgan fingerprint density at radius 1 is 1.06 bits per heavy atom. The number of nitrogens with zero attached hydrogens (tertiary/aromatic N) is 5. The molecule has 3 aromatic heterocycles. The van der Waals surface area contributed by atoms with E-state index in [-0.39, 0.29) is 22.7 Å². The lowest BCUT2D eigenvalue weighted by molar-refractivity contribution is 0.0798. The van der Waals surface area contributed by atoms with Crippen LogP contribution in [0.15, 0.2) is 65.6 Å². The molecule has 0 aliphatic carbocycles. The van der Waals surface area contributed by atoms with Gasteiger partial charge in [-0.1, -0.05) is 12.1 Å². The second-order valence-electron chi connectivity index (χ2n) is 7.48. The number of pyridine rings is 1. The fraction of sp³-hybridized carbons (Fsp3) is 0.167. The summed E-state index contributed by atoms with van der Waals surface area (Å²) >= 11 is 0. The van der Waals surface area contributed by atoms with E-state index in [2.05, 4.69) is 15.2 Å². The van der Waals surface area contributed by atoms with E-state index in [0.29, 0.717) is 16.8 Å². The van der Waals surface area contributed by atoms with Crippen LogP contribution in [0.2, 0.25) is 0 Å². The van der Waals surface area contributed by atoms with Gasteiger partial charge in [-0.25, -0.2) is 13.8 Å². The third kappa shape index (κ3) is 3.94. The van der Waals surface area contributed by atoms with E-state index >= 15 is 0 Å². The molecule has 172 valence electrons. The van der Waals surface area contributed by atoms with Crippen molar-refractivity contribution in [3.05, 3.63) is 71.1 Å². The molecule has 0 N–H and O–H groups in total. The average molecular weight is 466 g/mol. The Morgan fingerprint density at radius 3 is 2.62 bits per heavy atom. The van der Waals surface area contributed by atoms with Gasteiger partial charge >= 0.3 is 0 Å². The summed E-state index contributed by atoms with van der Waals surface area (Å²) in [5.74, 6) is -0.00878. The van der Waals surface area contributed by atoms with Crippen molar-refractivity contribution in [3.63, 3.8) is 0 Å². The average Bonchev–Trinajstić information content (AvgIpc) is 3.21. The van der Waals surface area contributed by atoms with Crippen molar-refractivity contribution >= 4 is 21.9 Å². The number of alkyl halides is 2. The highest BCUT2D eigenvalue weighted by molar-refractivity contribution is 5.91. The van der Waals surface area contributed by atoms with Crippen LogP contribution in [0, 0.1) is 0 Å². The predicted octanol–water partition coefficient (Wildman–Crippen LogP) is 3.99. The summed E-state index contributed by atoms with van der Waals surface area (Å²) in [6.07, 6.45) is -0.889. The molecule has 10 heteroatoms. The van der Waals surface area contributed by atoms with Gasteiger partial charge in [0.15, 0.2) is 6.61 Å². The van der Waals surface area contributed by atoms with Gasteiger partial charge < -0.3 is 9.47 Å². The third-order valence-electron chi connectivity index (χ3n) is 5.16. The number of ether oxygens (including phenoxy) is 2. The first kappa shape index (κ1) is 18.1. The van der Waals surface area contributed by atoms with Crippen LogP contribution in [-0.4, -0.2) is 44.6 Å². The molecule has 34 heavy (non-hydrogen) atoms. The fourth-order valence-electron chi connectivity index (χ4n) is 3.68. The lowest BCUT2D eigenvalue weighted by Crippen LogP contribution is -2.23. The zero-order valence-electron chi connectivity index (χ0n) is 20.8. The quantitative estimate of drug-likeness (QED) is 0.376. The van der Waals surface area contributed by atoms with E-state index in [9.17, 15) is 13.6 Å². The van der Waals surface area contributed by atoms with Crippen LogP contribution in [0.4, 0.5) is 8.78 Å². The maximum absolute atomic E-state index is 13.8. The Labute approximate surface area is 196 Å². The lowest BCUT2D eigenvalue weighted by Gasteiger charge is -2.12. The zero-order valence-corrected chi connectivity index (χ0v) is 17.8. The van der Waals surface area contributed by atoms with Crippen LogP contribution >= 0.6 is 0 Å². The first-order chi connectivity index (χ1) is 17.6. The minimum absolute atomic E-state index is 0.0818. The molecule has 0 bridgehead atoms. The van der Waals surface area contributed by atoms with Crippen molar-refractivity contribution in [2.75, 3.05) is 13.6 Å². The molecule has 2 aromatic carbocycles. The second kappa shape index (κ2) is 8.54. The number of fused-ring (bicyclic) bond motifs is 2. The smallest absolute Gasteiger partial charge is 0.281 e. The fourth-order valence-corrected chi connectivity index (χ4v) is 3.68. The predicted molar refractivity (Wildman–Crippen MR) is 123 cm³/mol. The number of rotatable bonds is 6. The van der Waals surface area contributed by atoms with Crippen molar-refractivity contribution in [3.8, 4) is 28.4 Å². The van der Waals surface area contributed by atoms with E-state index in [1.165, 1.54) is 41.1 Å². The Morgan fingerprint density at radius 2 is 1.85 bits per heavy atom. The molecule has 0 saturated heterocycles. The maximum Gasteiger partial charge on any atom is 0.281 e. The number of aryl methyl sites for hydroxylation is 1. The van der Waals surface area contributed by atoms with Crippen LogP contribution in [0.25, 0.3) is 38.8 Å². The molecule has 5 aromatic rings. The van der Waals surface area contributed by atoms with Gasteiger partial charge in [0.2, 0.25) is 5.88 Å². The van der Waals surface area contributed by atoms with Crippen molar-refractivity contribution in [1.82, 2.24) is 24.5 Å². The SMILES string of the molecule is [2H]C([2H])([2H])Oc1ccc(-c2c(=O)n(-c3ccc4nn(C)cc4c3)nc3ccc(OCC(F)F)nc23)cc1. The molecule has 0 saturated carbocycles. The summed E-state index contributed by atoms with van der Waals surface area (Å²) in [4.78, 5) is 18.1. The molecule has 0 aliphatic rings. The summed E-state index contributed by atoms with van der Waals surface area (Å²) in [5.41, 5.74) is 1.66. The second-order valence-corrected chi connectivity index (χ2v) is 7.48. The lowest BCUT2D eigenvalue weighted by atomic mass is 10.1. The Hall–Kier alpha value is -4.34. The number of methoxy groups -OCH3 is 1. The zero-order chi connectivity index (χ0) is 26.3. The number of hydrogen-bond donors (Lipinski definition) is 0. The van der Waals surface area contributed by atoms with Gasteiger partial charge in [-0.15, -0.1) is 0 Å². The molecule has 0 aliphatic heterocycles. The molecule has 0 spiro atoms. The van der Waals surface area contributed by atoms with Crippen LogP contribution in [0.3, 0.4) is 0 Å². The standard InChI is InChI=1S/C24H19F2N5O3/c1-30-12-15-11-16(5-8-18(15)28-30)31-24(32)22(14-3-6-17(33-2)7-4-14)23-19(29-31)9-10-21(27-23)34-13-20(25)26/h3-12,20H,13H2,1-2H3/i2D3. The van der Waals surface area contributed by atoms with Gasteiger partial charge in [-0.2, -0.15) is 14.9 Å². The highest BCUT2D eigenvalue weighted by Gasteiger charge is 2.18. The van der Waals surface area contributed by atoms with Crippen molar-refractivity contribution < 1.29 is 22.4 Å². The molecule has 0 fully saturated rings. The van der Waals surface area contributed by atoms with Crippen molar-refractivity contribution in [2.45, 2.75) is 6.43 Å². The minimum atomic E-state index is -2.70. The molecule has 0 unspecified atom stereocenters. The van der Waals surface area contributed by atoms with Gasteiger partial charge in [-0.3, -0.25) is 9.48 Å². The molecule has 5 rings (SSSR count). The number of aromatic nitrogens is 5.